The van der Waals surface area contributed by atoms with E-state index in [1.807, 2.05) is 30.5 Å². The van der Waals surface area contributed by atoms with Gasteiger partial charge >= 0.3 is 5.97 Å². The molecule has 0 spiro atoms. The van der Waals surface area contributed by atoms with Crippen LogP contribution in [0.5, 0.6) is 0 Å². The zero-order chi connectivity index (χ0) is 19.9. The number of nitrogens with one attached hydrogen (secondary N) is 2. The molecule has 0 aliphatic heterocycles. The maximum atomic E-state index is 12.4. The Kier molecular flexibility index (Phi) is 6.48. The Balaban J connectivity index is 1.63. The number of carbonyl (C=O) groups excluding carboxylic acids is 2. The molecule has 3 rings (SSSR count). The van der Waals surface area contributed by atoms with Gasteiger partial charge < -0.3 is 15.0 Å². The van der Waals surface area contributed by atoms with Crippen molar-refractivity contribution in [3.8, 4) is 0 Å². The van der Waals surface area contributed by atoms with Gasteiger partial charge in [0.2, 0.25) is 5.91 Å². The predicted molar refractivity (Wildman–Crippen MR) is 110 cm³/mol. The topological polar surface area (TPSA) is 71.2 Å². The Hall–Kier alpha value is -3.08. The van der Waals surface area contributed by atoms with Crippen LogP contribution in [0, 0.1) is 0 Å². The summed E-state index contributed by atoms with van der Waals surface area (Å²) in [6.45, 7) is 2.11. The van der Waals surface area contributed by atoms with E-state index < -0.39 is 12.0 Å². The molecule has 3 aromatic rings. The van der Waals surface area contributed by atoms with E-state index in [2.05, 4.69) is 41.5 Å². The Morgan fingerprint density at radius 1 is 1.07 bits per heavy atom. The van der Waals surface area contributed by atoms with Gasteiger partial charge in [-0.2, -0.15) is 0 Å². The first-order chi connectivity index (χ1) is 13.6. The summed E-state index contributed by atoms with van der Waals surface area (Å²) in [6.07, 6.45) is 4.22. The smallest absolute Gasteiger partial charge is 0.328 e. The van der Waals surface area contributed by atoms with E-state index in [1.165, 1.54) is 12.7 Å². The number of methoxy groups -OCH3 is 1. The van der Waals surface area contributed by atoms with Gasteiger partial charge in [-0.3, -0.25) is 4.79 Å². The molecule has 0 bridgehead atoms. The maximum absolute atomic E-state index is 12.4. The fraction of sp³-hybridized carbons (Fsp3) is 0.304. The molecule has 5 nitrogen and oxygen atoms in total. The molecular weight excluding hydrogens is 352 g/mol. The summed E-state index contributed by atoms with van der Waals surface area (Å²) >= 11 is 0. The van der Waals surface area contributed by atoms with Crippen LogP contribution >= 0.6 is 0 Å². The van der Waals surface area contributed by atoms with Crippen molar-refractivity contribution >= 4 is 22.8 Å². The van der Waals surface area contributed by atoms with E-state index in [0.717, 1.165) is 28.5 Å². The van der Waals surface area contributed by atoms with Gasteiger partial charge in [-0.25, -0.2) is 4.79 Å². The highest BCUT2D eigenvalue weighted by atomic mass is 16.5. The maximum Gasteiger partial charge on any atom is 0.328 e. The number of H-pyrrole nitrogens is 1. The van der Waals surface area contributed by atoms with Gasteiger partial charge in [0.15, 0.2) is 0 Å². The van der Waals surface area contributed by atoms with Crippen LogP contribution in [-0.4, -0.2) is 30.0 Å². The fourth-order valence-electron chi connectivity index (χ4n) is 3.32. The monoisotopic (exact) mass is 378 g/mol. The normalized spacial score (nSPS) is 11.9. The largest absolute Gasteiger partial charge is 0.467 e. The van der Waals surface area contributed by atoms with Crippen molar-refractivity contribution in [2.24, 2.45) is 0 Å². The van der Waals surface area contributed by atoms with E-state index in [9.17, 15) is 9.59 Å². The van der Waals surface area contributed by atoms with Crippen molar-refractivity contribution in [3.05, 3.63) is 71.4 Å². The number of aromatic amines is 1. The lowest BCUT2D eigenvalue weighted by atomic mass is 10.0. The van der Waals surface area contributed by atoms with Crippen molar-refractivity contribution in [1.82, 2.24) is 10.3 Å². The number of benzene rings is 2. The van der Waals surface area contributed by atoms with Crippen molar-refractivity contribution in [2.45, 2.75) is 38.6 Å². The molecule has 0 aliphatic rings. The number of amides is 1. The predicted octanol–water partition coefficient (Wildman–Crippen LogP) is 3.56. The molecule has 0 aliphatic carbocycles. The highest BCUT2D eigenvalue weighted by molar-refractivity contribution is 5.87. The molecular formula is C23H26N2O3. The number of esters is 1. The number of hydrogen-bond donors (Lipinski definition) is 2. The van der Waals surface area contributed by atoms with Crippen molar-refractivity contribution in [1.29, 1.82) is 0 Å². The Morgan fingerprint density at radius 2 is 1.79 bits per heavy atom. The molecule has 0 radical (unpaired) electrons. The van der Waals surface area contributed by atoms with Gasteiger partial charge in [0, 0.05) is 29.9 Å². The lowest BCUT2D eigenvalue weighted by Crippen LogP contribution is -2.43. The number of ether oxygens (including phenoxy) is 1. The Morgan fingerprint density at radius 3 is 2.50 bits per heavy atom. The molecule has 1 aromatic heterocycles. The van der Waals surface area contributed by atoms with E-state index in [0.29, 0.717) is 19.3 Å². The molecule has 2 aromatic carbocycles. The van der Waals surface area contributed by atoms with Crippen molar-refractivity contribution in [2.75, 3.05) is 7.11 Å². The molecule has 1 amide bonds. The minimum atomic E-state index is -0.709. The average molecular weight is 378 g/mol. The first-order valence-corrected chi connectivity index (χ1v) is 9.60. The first-order valence-electron chi connectivity index (χ1n) is 9.60. The molecule has 0 saturated carbocycles. The van der Waals surface area contributed by atoms with Crippen LogP contribution in [-0.2, 0) is 33.6 Å². The second-order valence-electron chi connectivity index (χ2n) is 6.88. The van der Waals surface area contributed by atoms with Crippen LogP contribution < -0.4 is 5.32 Å². The van der Waals surface area contributed by atoms with Crippen LogP contribution in [0.15, 0.2) is 54.7 Å². The number of fused-ring (bicyclic) bond motifs is 1. The van der Waals surface area contributed by atoms with Crippen LogP contribution in [0.4, 0.5) is 0 Å². The second-order valence-corrected chi connectivity index (χ2v) is 6.88. The SMILES string of the molecule is CCc1ccc(CCC(=O)NC(Cc2c[nH]c3ccccc23)C(=O)OC)cc1. The third-order valence-corrected chi connectivity index (χ3v) is 4.99. The van der Waals surface area contributed by atoms with E-state index in [-0.39, 0.29) is 5.91 Å². The Labute approximate surface area is 165 Å². The van der Waals surface area contributed by atoms with Crippen LogP contribution in [0.3, 0.4) is 0 Å². The van der Waals surface area contributed by atoms with Gasteiger partial charge in [-0.05, 0) is 35.6 Å². The fourth-order valence-corrected chi connectivity index (χ4v) is 3.32. The van der Waals surface area contributed by atoms with Gasteiger partial charge in [-0.15, -0.1) is 0 Å². The van der Waals surface area contributed by atoms with Gasteiger partial charge in [-0.1, -0.05) is 49.4 Å². The molecule has 2 N–H and O–H groups in total. The molecule has 1 heterocycles. The summed E-state index contributed by atoms with van der Waals surface area (Å²) in [6, 6.07) is 15.4. The summed E-state index contributed by atoms with van der Waals surface area (Å²) in [5.41, 5.74) is 4.36. The van der Waals surface area contributed by atoms with Gasteiger partial charge in [0.1, 0.15) is 6.04 Å². The van der Waals surface area contributed by atoms with Crippen LogP contribution in [0.25, 0.3) is 10.9 Å². The standard InChI is InChI=1S/C23H26N2O3/c1-3-16-8-10-17(11-9-16)12-13-22(26)25-21(23(27)28-2)14-18-15-24-20-7-5-4-6-19(18)20/h4-11,15,21,24H,3,12-14H2,1-2H3,(H,25,26). The van der Waals surface area contributed by atoms with Gasteiger partial charge in [0.25, 0.3) is 0 Å². The first kappa shape index (κ1) is 19.7. The highest BCUT2D eigenvalue weighted by Gasteiger charge is 2.23. The quantitative estimate of drug-likeness (QED) is 0.589. The summed E-state index contributed by atoms with van der Waals surface area (Å²) < 4.78 is 4.90. The van der Waals surface area contributed by atoms with E-state index in [4.69, 9.17) is 4.74 Å². The second kappa shape index (κ2) is 9.22. The molecule has 0 saturated heterocycles. The van der Waals surface area contributed by atoms with Crippen molar-refractivity contribution in [3.63, 3.8) is 0 Å². The summed E-state index contributed by atoms with van der Waals surface area (Å²) in [5.74, 6) is -0.597. The summed E-state index contributed by atoms with van der Waals surface area (Å²) in [7, 11) is 1.34. The Bertz CT molecular complexity index is 944. The summed E-state index contributed by atoms with van der Waals surface area (Å²) in [5, 5.41) is 3.88. The van der Waals surface area contributed by atoms with Crippen molar-refractivity contribution < 1.29 is 14.3 Å². The number of hydrogen-bond acceptors (Lipinski definition) is 3. The van der Waals surface area contributed by atoms with Crippen LogP contribution in [0.1, 0.15) is 30.0 Å². The minimum Gasteiger partial charge on any atom is -0.467 e. The van der Waals surface area contributed by atoms with E-state index in [1.54, 1.807) is 0 Å². The number of aromatic nitrogens is 1. The zero-order valence-corrected chi connectivity index (χ0v) is 16.3. The third kappa shape index (κ3) is 4.80. The molecule has 1 atom stereocenters. The summed E-state index contributed by atoms with van der Waals surface area (Å²) in [4.78, 5) is 27.8. The van der Waals surface area contributed by atoms with E-state index >= 15 is 0 Å². The molecule has 1 unspecified atom stereocenters. The molecule has 146 valence electrons. The molecule has 0 fully saturated rings. The number of aryl methyl sites for hydroxylation is 2. The zero-order valence-electron chi connectivity index (χ0n) is 16.3. The highest BCUT2D eigenvalue weighted by Crippen LogP contribution is 2.19. The molecule has 28 heavy (non-hydrogen) atoms. The lowest BCUT2D eigenvalue weighted by molar-refractivity contribution is -0.145. The lowest BCUT2D eigenvalue weighted by Gasteiger charge is -2.16. The number of carbonyl (C=O) groups is 2. The number of para-hydroxylation sites is 1. The minimum absolute atomic E-state index is 0.158. The van der Waals surface area contributed by atoms with Gasteiger partial charge in [0.05, 0.1) is 7.11 Å². The number of rotatable bonds is 8. The third-order valence-electron chi connectivity index (χ3n) is 4.99. The molecule has 5 heteroatoms. The van der Waals surface area contributed by atoms with Crippen LogP contribution in [0.2, 0.25) is 0 Å². The average Bonchev–Trinajstić information content (AvgIpc) is 3.14.